The molecule has 4 nitrogen and oxygen atoms in total. The number of benzene rings is 1. The molecule has 1 saturated heterocycles. The van der Waals surface area contributed by atoms with E-state index in [0.29, 0.717) is 22.3 Å². The summed E-state index contributed by atoms with van der Waals surface area (Å²) in [6.07, 6.45) is 2.24. The number of rotatable bonds is 4. The number of nitrogens with zero attached hydrogens (tertiary/aromatic N) is 2. The van der Waals surface area contributed by atoms with Gasteiger partial charge in [-0.15, -0.1) is 11.8 Å². The van der Waals surface area contributed by atoms with Crippen LogP contribution in [-0.2, 0) is 4.79 Å². The molecule has 1 N–H and O–H groups in total. The topological polar surface area (TPSA) is 56.1 Å². The van der Waals surface area contributed by atoms with Gasteiger partial charge >= 0.3 is 0 Å². The highest BCUT2D eigenvalue weighted by atomic mass is 32.2. The van der Waals surface area contributed by atoms with Crippen molar-refractivity contribution in [3.63, 3.8) is 0 Å². The quantitative estimate of drug-likeness (QED) is 0.921. The minimum atomic E-state index is 0.0521. The first kappa shape index (κ1) is 14.9. The average Bonchev–Trinajstić information content (AvgIpc) is 2.52. The van der Waals surface area contributed by atoms with Crippen molar-refractivity contribution in [3.05, 3.63) is 29.8 Å². The molecule has 1 aromatic rings. The Hall–Kier alpha value is -1.51. The molecule has 0 spiro atoms. The number of hydrogen-bond acceptors (Lipinski definition) is 4. The van der Waals surface area contributed by atoms with Gasteiger partial charge in [0.15, 0.2) is 0 Å². The average molecular weight is 289 g/mol. The first-order chi connectivity index (χ1) is 9.72. The maximum absolute atomic E-state index is 12.2. The summed E-state index contributed by atoms with van der Waals surface area (Å²) < 4.78 is 0. The SMILES string of the molecule is CN(C(=O)CSC1CCNCC1)c1ccccc1C#N. The normalized spacial score (nSPS) is 15.6. The third-order valence-electron chi connectivity index (χ3n) is 3.49. The molecule has 1 aromatic carbocycles. The molecule has 0 saturated carbocycles. The lowest BCUT2D eigenvalue weighted by atomic mass is 10.2. The van der Waals surface area contributed by atoms with Gasteiger partial charge in [-0.3, -0.25) is 4.79 Å². The van der Waals surface area contributed by atoms with E-state index in [1.54, 1.807) is 29.8 Å². The zero-order valence-electron chi connectivity index (χ0n) is 11.6. The molecule has 0 radical (unpaired) electrons. The maximum Gasteiger partial charge on any atom is 0.236 e. The number of carbonyl (C=O) groups is 1. The van der Waals surface area contributed by atoms with Crippen LogP contribution in [0.5, 0.6) is 0 Å². The van der Waals surface area contributed by atoms with Crippen LogP contribution in [0.2, 0.25) is 0 Å². The van der Waals surface area contributed by atoms with Crippen molar-refractivity contribution >= 4 is 23.4 Å². The van der Waals surface area contributed by atoms with E-state index in [-0.39, 0.29) is 5.91 Å². The Bertz CT molecular complexity index is 506. The molecule has 2 rings (SSSR count). The highest BCUT2D eigenvalue weighted by Gasteiger charge is 2.18. The molecule has 1 fully saturated rings. The van der Waals surface area contributed by atoms with Crippen LogP contribution in [0.4, 0.5) is 5.69 Å². The molecular formula is C15H19N3OS. The number of hydrogen-bond donors (Lipinski definition) is 1. The molecule has 1 aliphatic heterocycles. The summed E-state index contributed by atoms with van der Waals surface area (Å²) >= 11 is 1.73. The summed E-state index contributed by atoms with van der Waals surface area (Å²) in [4.78, 5) is 13.8. The number of nitrogens with one attached hydrogen (secondary N) is 1. The molecule has 0 bridgehead atoms. The van der Waals surface area contributed by atoms with Crippen LogP contribution in [-0.4, -0.2) is 37.0 Å². The first-order valence-corrected chi connectivity index (χ1v) is 7.85. The summed E-state index contributed by atoms with van der Waals surface area (Å²) in [6.45, 7) is 2.08. The fourth-order valence-corrected chi connectivity index (χ4v) is 3.38. The number of piperidine rings is 1. The highest BCUT2D eigenvalue weighted by molar-refractivity contribution is 8.00. The fourth-order valence-electron chi connectivity index (χ4n) is 2.24. The summed E-state index contributed by atoms with van der Waals surface area (Å²) in [5.41, 5.74) is 1.22. The van der Waals surface area contributed by atoms with Gasteiger partial charge in [-0.2, -0.15) is 5.26 Å². The smallest absolute Gasteiger partial charge is 0.236 e. The third-order valence-corrected chi connectivity index (χ3v) is 4.85. The summed E-state index contributed by atoms with van der Waals surface area (Å²) in [5, 5.41) is 13.0. The van der Waals surface area contributed by atoms with Gasteiger partial charge < -0.3 is 10.2 Å². The van der Waals surface area contributed by atoms with E-state index in [1.807, 2.05) is 18.2 Å². The number of thioether (sulfide) groups is 1. The van der Waals surface area contributed by atoms with Crippen molar-refractivity contribution in [2.75, 3.05) is 30.8 Å². The van der Waals surface area contributed by atoms with Crippen molar-refractivity contribution in [1.29, 1.82) is 5.26 Å². The van der Waals surface area contributed by atoms with Gasteiger partial charge in [0.1, 0.15) is 6.07 Å². The van der Waals surface area contributed by atoms with Gasteiger partial charge in [0.25, 0.3) is 0 Å². The second-order valence-electron chi connectivity index (χ2n) is 4.84. The van der Waals surface area contributed by atoms with Crippen LogP contribution < -0.4 is 10.2 Å². The number of nitriles is 1. The molecular weight excluding hydrogens is 270 g/mol. The van der Waals surface area contributed by atoms with Crippen LogP contribution in [0.1, 0.15) is 18.4 Å². The Labute approximate surface area is 124 Å². The van der Waals surface area contributed by atoms with Crippen molar-refractivity contribution in [3.8, 4) is 6.07 Å². The van der Waals surface area contributed by atoms with Gasteiger partial charge in [-0.25, -0.2) is 0 Å². The predicted molar refractivity (Wildman–Crippen MR) is 82.9 cm³/mol. The third kappa shape index (κ3) is 3.75. The molecule has 106 valence electrons. The number of anilines is 1. The Morgan fingerprint density at radius 1 is 1.45 bits per heavy atom. The molecule has 1 heterocycles. The van der Waals surface area contributed by atoms with E-state index in [1.165, 1.54) is 0 Å². The summed E-state index contributed by atoms with van der Waals surface area (Å²) in [7, 11) is 1.74. The maximum atomic E-state index is 12.2. The van der Waals surface area contributed by atoms with Gasteiger partial charge in [-0.1, -0.05) is 12.1 Å². The Kier molecular flexibility index (Phi) is 5.45. The molecule has 0 unspecified atom stereocenters. The van der Waals surface area contributed by atoms with E-state index in [0.717, 1.165) is 25.9 Å². The van der Waals surface area contributed by atoms with Crippen LogP contribution >= 0.6 is 11.8 Å². The largest absolute Gasteiger partial charge is 0.317 e. The van der Waals surface area contributed by atoms with E-state index < -0.39 is 0 Å². The lowest BCUT2D eigenvalue weighted by Crippen LogP contribution is -2.32. The van der Waals surface area contributed by atoms with E-state index in [9.17, 15) is 4.79 Å². The van der Waals surface area contributed by atoms with Gasteiger partial charge in [0, 0.05) is 12.3 Å². The summed E-state index contributed by atoms with van der Waals surface area (Å²) in [6, 6.07) is 9.33. The predicted octanol–water partition coefficient (Wildman–Crippen LogP) is 2.01. The standard InChI is InChI=1S/C15H19N3OS/c1-18(14-5-3-2-4-12(14)10-16)15(19)11-20-13-6-8-17-9-7-13/h2-5,13,17H,6-9,11H2,1H3. The minimum Gasteiger partial charge on any atom is -0.317 e. The van der Waals surface area contributed by atoms with Gasteiger partial charge in [0.2, 0.25) is 5.91 Å². The number of carbonyl (C=O) groups excluding carboxylic acids is 1. The van der Waals surface area contributed by atoms with Gasteiger partial charge in [-0.05, 0) is 38.1 Å². The fraction of sp³-hybridized carbons (Fsp3) is 0.467. The molecule has 1 aliphatic rings. The van der Waals surface area contributed by atoms with Crippen molar-refractivity contribution in [2.45, 2.75) is 18.1 Å². The lowest BCUT2D eigenvalue weighted by molar-refractivity contribution is -0.115. The monoisotopic (exact) mass is 289 g/mol. The van der Waals surface area contributed by atoms with Crippen LogP contribution in [0.15, 0.2) is 24.3 Å². The van der Waals surface area contributed by atoms with Crippen molar-refractivity contribution in [2.24, 2.45) is 0 Å². The van der Waals surface area contributed by atoms with Gasteiger partial charge in [0.05, 0.1) is 17.0 Å². The van der Waals surface area contributed by atoms with Crippen LogP contribution in [0.25, 0.3) is 0 Å². The Balaban J connectivity index is 1.93. The number of para-hydroxylation sites is 1. The van der Waals surface area contributed by atoms with E-state index in [2.05, 4.69) is 11.4 Å². The van der Waals surface area contributed by atoms with E-state index in [4.69, 9.17) is 5.26 Å². The van der Waals surface area contributed by atoms with Crippen LogP contribution in [0.3, 0.4) is 0 Å². The Morgan fingerprint density at radius 2 is 2.15 bits per heavy atom. The molecule has 20 heavy (non-hydrogen) atoms. The second-order valence-corrected chi connectivity index (χ2v) is 6.13. The summed E-state index contributed by atoms with van der Waals surface area (Å²) in [5.74, 6) is 0.525. The van der Waals surface area contributed by atoms with E-state index >= 15 is 0 Å². The molecule has 1 amide bonds. The highest BCUT2D eigenvalue weighted by Crippen LogP contribution is 2.23. The zero-order valence-corrected chi connectivity index (χ0v) is 12.4. The zero-order chi connectivity index (χ0) is 14.4. The lowest BCUT2D eigenvalue weighted by Gasteiger charge is -2.23. The molecule has 0 atom stereocenters. The second kappa shape index (κ2) is 7.32. The molecule has 5 heteroatoms. The number of amides is 1. The first-order valence-electron chi connectivity index (χ1n) is 6.80. The van der Waals surface area contributed by atoms with Crippen LogP contribution in [0, 0.1) is 11.3 Å². The molecule has 0 aromatic heterocycles. The minimum absolute atomic E-state index is 0.0521. The van der Waals surface area contributed by atoms with Crippen molar-refractivity contribution in [1.82, 2.24) is 5.32 Å². The Morgan fingerprint density at radius 3 is 2.85 bits per heavy atom. The van der Waals surface area contributed by atoms with Crippen molar-refractivity contribution < 1.29 is 4.79 Å². The molecule has 0 aliphatic carbocycles.